The standard InChI is InChI=1S/C18H23N5O5/c1-2-28-15-8-7-13(12-14(15)23(26)27)17(24)19-9-5-11-22-18(25)21-10-4-3-6-16(21)20-22/h7-8,12H,2-6,9-11H2,1H3,(H,19,24). The molecule has 0 fully saturated rings. The van der Waals surface area contributed by atoms with Crippen LogP contribution in [0.15, 0.2) is 23.0 Å². The first-order valence-electron chi connectivity index (χ1n) is 9.37. The van der Waals surface area contributed by atoms with Gasteiger partial charge >= 0.3 is 11.4 Å². The fourth-order valence-electron chi connectivity index (χ4n) is 3.21. The quantitative estimate of drug-likeness (QED) is 0.415. The Morgan fingerprint density at radius 3 is 2.93 bits per heavy atom. The van der Waals surface area contributed by atoms with Crippen LogP contribution in [0.4, 0.5) is 5.69 Å². The van der Waals surface area contributed by atoms with E-state index >= 15 is 0 Å². The van der Waals surface area contributed by atoms with Gasteiger partial charge < -0.3 is 10.1 Å². The number of hydrogen-bond donors (Lipinski definition) is 1. The zero-order chi connectivity index (χ0) is 20.1. The van der Waals surface area contributed by atoms with Crippen LogP contribution in [0.2, 0.25) is 0 Å². The Morgan fingerprint density at radius 2 is 2.21 bits per heavy atom. The van der Waals surface area contributed by atoms with E-state index in [1.165, 1.54) is 22.9 Å². The van der Waals surface area contributed by atoms with Gasteiger partial charge in [-0.3, -0.25) is 19.5 Å². The molecule has 0 saturated carbocycles. The Bertz CT molecular complexity index is 933. The van der Waals surface area contributed by atoms with Crippen LogP contribution in [0, 0.1) is 10.1 Å². The van der Waals surface area contributed by atoms with Gasteiger partial charge in [-0.05, 0) is 38.3 Å². The molecule has 0 unspecified atom stereocenters. The highest BCUT2D eigenvalue weighted by Crippen LogP contribution is 2.27. The van der Waals surface area contributed by atoms with E-state index in [1.807, 2.05) is 0 Å². The molecular weight excluding hydrogens is 366 g/mol. The Kier molecular flexibility index (Phi) is 6.07. The predicted molar refractivity (Wildman–Crippen MR) is 101 cm³/mol. The summed E-state index contributed by atoms with van der Waals surface area (Å²) in [5, 5.41) is 18.2. The molecule has 0 radical (unpaired) electrons. The van der Waals surface area contributed by atoms with Crippen LogP contribution in [-0.4, -0.2) is 38.3 Å². The molecule has 10 nitrogen and oxygen atoms in total. The molecule has 28 heavy (non-hydrogen) atoms. The third-order valence-corrected chi connectivity index (χ3v) is 4.58. The summed E-state index contributed by atoms with van der Waals surface area (Å²) >= 11 is 0. The summed E-state index contributed by atoms with van der Waals surface area (Å²) in [6, 6.07) is 4.11. The van der Waals surface area contributed by atoms with E-state index in [0.29, 0.717) is 32.7 Å². The van der Waals surface area contributed by atoms with E-state index in [4.69, 9.17) is 4.74 Å². The second-order valence-corrected chi connectivity index (χ2v) is 6.51. The van der Waals surface area contributed by atoms with Gasteiger partial charge in [0, 0.05) is 37.7 Å². The lowest BCUT2D eigenvalue weighted by atomic mass is 10.1. The fourth-order valence-corrected chi connectivity index (χ4v) is 3.21. The zero-order valence-electron chi connectivity index (χ0n) is 15.7. The molecule has 1 aromatic carbocycles. The average molecular weight is 389 g/mol. The number of aromatic nitrogens is 3. The summed E-state index contributed by atoms with van der Waals surface area (Å²) in [6.07, 6.45) is 3.38. The molecule has 0 aliphatic carbocycles. The van der Waals surface area contributed by atoms with Crippen molar-refractivity contribution in [2.24, 2.45) is 0 Å². The fraction of sp³-hybridized carbons (Fsp3) is 0.500. The van der Waals surface area contributed by atoms with Crippen molar-refractivity contribution in [2.75, 3.05) is 13.2 Å². The summed E-state index contributed by atoms with van der Waals surface area (Å²) in [4.78, 5) is 35.1. The van der Waals surface area contributed by atoms with Gasteiger partial charge in [-0.2, -0.15) is 5.10 Å². The maximum absolute atomic E-state index is 12.3. The Balaban J connectivity index is 1.56. The largest absolute Gasteiger partial charge is 0.487 e. The molecule has 0 atom stereocenters. The molecule has 1 aliphatic heterocycles. The molecule has 0 spiro atoms. The molecule has 150 valence electrons. The minimum Gasteiger partial charge on any atom is -0.487 e. The van der Waals surface area contributed by atoms with Crippen molar-refractivity contribution in [3.8, 4) is 5.75 Å². The predicted octanol–water partition coefficient (Wildman–Crippen LogP) is 1.51. The third kappa shape index (κ3) is 4.21. The van der Waals surface area contributed by atoms with Gasteiger partial charge in [0.2, 0.25) is 0 Å². The van der Waals surface area contributed by atoms with E-state index in [2.05, 4.69) is 10.4 Å². The van der Waals surface area contributed by atoms with Gasteiger partial charge in [0.1, 0.15) is 5.82 Å². The number of hydrogen-bond acceptors (Lipinski definition) is 6. The first-order chi connectivity index (χ1) is 13.5. The van der Waals surface area contributed by atoms with E-state index in [0.717, 1.165) is 25.1 Å². The monoisotopic (exact) mass is 389 g/mol. The summed E-state index contributed by atoms with van der Waals surface area (Å²) in [6.45, 7) is 3.47. The van der Waals surface area contributed by atoms with Gasteiger partial charge in [-0.15, -0.1) is 0 Å². The summed E-state index contributed by atoms with van der Waals surface area (Å²) < 4.78 is 8.36. The van der Waals surface area contributed by atoms with Crippen LogP contribution in [0.5, 0.6) is 5.75 Å². The molecule has 0 bridgehead atoms. The molecule has 1 N–H and O–H groups in total. The number of rotatable bonds is 8. The van der Waals surface area contributed by atoms with Crippen molar-refractivity contribution in [1.82, 2.24) is 19.7 Å². The molecule has 1 aromatic heterocycles. The van der Waals surface area contributed by atoms with E-state index in [9.17, 15) is 19.7 Å². The van der Waals surface area contributed by atoms with Crippen LogP contribution in [0.25, 0.3) is 0 Å². The smallest absolute Gasteiger partial charge is 0.345 e. The molecule has 3 rings (SSSR count). The summed E-state index contributed by atoms with van der Waals surface area (Å²) in [5.41, 5.74) is -0.169. The molecule has 1 aliphatic rings. The summed E-state index contributed by atoms with van der Waals surface area (Å²) in [7, 11) is 0. The number of nitrogens with zero attached hydrogens (tertiary/aromatic N) is 4. The maximum atomic E-state index is 12.3. The van der Waals surface area contributed by atoms with Gasteiger partial charge in [0.25, 0.3) is 5.91 Å². The zero-order valence-corrected chi connectivity index (χ0v) is 15.7. The normalized spacial score (nSPS) is 13.0. The molecule has 0 saturated heterocycles. The van der Waals surface area contributed by atoms with Crippen LogP contribution in [0.1, 0.15) is 42.4 Å². The first-order valence-corrected chi connectivity index (χ1v) is 9.37. The number of nitro groups is 1. The lowest BCUT2D eigenvalue weighted by Gasteiger charge is -2.09. The number of fused-ring (bicyclic) bond motifs is 1. The second-order valence-electron chi connectivity index (χ2n) is 6.51. The molecule has 2 aromatic rings. The van der Waals surface area contributed by atoms with Crippen molar-refractivity contribution in [3.63, 3.8) is 0 Å². The summed E-state index contributed by atoms with van der Waals surface area (Å²) in [5.74, 6) is 0.539. The highest BCUT2D eigenvalue weighted by atomic mass is 16.6. The van der Waals surface area contributed by atoms with Crippen molar-refractivity contribution in [2.45, 2.75) is 45.7 Å². The van der Waals surface area contributed by atoms with Crippen LogP contribution in [0.3, 0.4) is 0 Å². The van der Waals surface area contributed by atoms with E-state index in [1.54, 1.807) is 11.5 Å². The Hall–Kier alpha value is -3.17. The molecule has 1 amide bonds. The molecular formula is C18H23N5O5. The van der Waals surface area contributed by atoms with Gasteiger partial charge in [-0.1, -0.05) is 0 Å². The van der Waals surface area contributed by atoms with E-state index in [-0.39, 0.29) is 22.7 Å². The van der Waals surface area contributed by atoms with Crippen molar-refractivity contribution < 1.29 is 14.5 Å². The highest BCUT2D eigenvalue weighted by molar-refractivity contribution is 5.95. The highest BCUT2D eigenvalue weighted by Gasteiger charge is 2.19. The van der Waals surface area contributed by atoms with Crippen molar-refractivity contribution in [1.29, 1.82) is 0 Å². The minimum absolute atomic E-state index is 0.108. The lowest BCUT2D eigenvalue weighted by Crippen LogP contribution is -2.29. The molecule has 2 heterocycles. The average Bonchev–Trinajstić information content (AvgIpc) is 3.01. The van der Waals surface area contributed by atoms with Gasteiger partial charge in [0.05, 0.1) is 11.5 Å². The van der Waals surface area contributed by atoms with Crippen molar-refractivity contribution in [3.05, 3.63) is 50.2 Å². The number of aryl methyl sites for hydroxylation is 2. The molecule has 10 heteroatoms. The van der Waals surface area contributed by atoms with Gasteiger partial charge in [0.15, 0.2) is 5.75 Å². The number of amides is 1. The maximum Gasteiger partial charge on any atom is 0.345 e. The van der Waals surface area contributed by atoms with E-state index < -0.39 is 10.8 Å². The topological polar surface area (TPSA) is 121 Å². The Morgan fingerprint density at radius 1 is 1.39 bits per heavy atom. The van der Waals surface area contributed by atoms with Crippen LogP contribution in [-0.2, 0) is 19.5 Å². The lowest BCUT2D eigenvalue weighted by molar-refractivity contribution is -0.385. The van der Waals surface area contributed by atoms with Crippen LogP contribution < -0.4 is 15.7 Å². The number of nitro benzene ring substituents is 1. The number of ether oxygens (including phenoxy) is 1. The first kappa shape index (κ1) is 19.6. The number of carbonyl (C=O) groups is 1. The number of benzene rings is 1. The van der Waals surface area contributed by atoms with Crippen molar-refractivity contribution >= 4 is 11.6 Å². The SMILES string of the molecule is CCOc1ccc(C(=O)NCCCn2nc3n(c2=O)CCCC3)cc1[N+](=O)[O-]. The third-order valence-electron chi connectivity index (χ3n) is 4.58. The van der Waals surface area contributed by atoms with Gasteiger partial charge in [-0.25, -0.2) is 9.48 Å². The van der Waals surface area contributed by atoms with Crippen LogP contribution >= 0.6 is 0 Å². The number of carbonyl (C=O) groups excluding carboxylic acids is 1. The second kappa shape index (κ2) is 8.68. The minimum atomic E-state index is -0.575. The number of nitrogens with one attached hydrogen (secondary N) is 1. The Labute approximate surface area is 161 Å².